The Morgan fingerprint density at radius 2 is 0.579 bits per heavy atom. The summed E-state index contributed by atoms with van der Waals surface area (Å²) < 4.78 is 16.7. The molecular weight excluding hydrogens is 709 g/mol. The molecule has 0 unspecified atom stereocenters. The molecule has 0 aliphatic carbocycles. The summed E-state index contributed by atoms with van der Waals surface area (Å²) in [5, 5.41) is 0. The molecule has 57 heavy (non-hydrogen) atoms. The first-order valence-corrected chi connectivity index (χ1v) is 24.8. The molecule has 0 aromatic rings. The summed E-state index contributed by atoms with van der Waals surface area (Å²) in [7, 11) is 0. The van der Waals surface area contributed by atoms with E-state index in [-0.39, 0.29) is 31.1 Å². The van der Waals surface area contributed by atoms with E-state index in [2.05, 4.69) is 45.1 Å². The minimum absolute atomic E-state index is 0.0743. The van der Waals surface area contributed by atoms with Crippen LogP contribution >= 0.6 is 0 Å². The highest BCUT2D eigenvalue weighted by molar-refractivity contribution is 5.71. The van der Waals surface area contributed by atoms with Gasteiger partial charge in [0.15, 0.2) is 6.10 Å². The second-order valence-electron chi connectivity index (χ2n) is 16.7. The topological polar surface area (TPSA) is 78.9 Å². The van der Waals surface area contributed by atoms with Crippen molar-refractivity contribution in [1.82, 2.24) is 0 Å². The summed E-state index contributed by atoms with van der Waals surface area (Å²) >= 11 is 0. The number of hydrogen-bond acceptors (Lipinski definition) is 6. The molecule has 0 N–H and O–H groups in total. The lowest BCUT2D eigenvalue weighted by molar-refractivity contribution is -0.167. The fraction of sp³-hybridized carbons (Fsp3) is 0.863. The van der Waals surface area contributed by atoms with Crippen molar-refractivity contribution in [1.29, 1.82) is 0 Å². The van der Waals surface area contributed by atoms with Crippen molar-refractivity contribution in [2.45, 2.75) is 271 Å². The van der Waals surface area contributed by atoms with Gasteiger partial charge in [-0.25, -0.2) is 0 Å². The number of carbonyl (C=O) groups is 3. The van der Waals surface area contributed by atoms with Gasteiger partial charge in [0.1, 0.15) is 13.2 Å². The molecule has 0 saturated carbocycles. The molecule has 0 aliphatic rings. The standard InChI is InChI=1S/C51H94O6/c1-4-7-10-13-16-19-21-23-25-27-29-32-35-38-41-44-50(53)56-47-48(46-55-49(52)43-40-37-34-31-18-15-12-9-6-3)57-51(54)45-42-39-36-33-30-28-26-24-22-20-17-14-11-8-5-2/h23-26,48H,4-22,27-47H2,1-3H3/b25-23-,26-24-/t48-/m1/s1. The zero-order chi connectivity index (χ0) is 41.5. The Labute approximate surface area is 353 Å². The summed E-state index contributed by atoms with van der Waals surface area (Å²) in [4.78, 5) is 37.8. The monoisotopic (exact) mass is 803 g/mol. The van der Waals surface area contributed by atoms with Gasteiger partial charge in [-0.3, -0.25) is 14.4 Å². The van der Waals surface area contributed by atoms with Crippen molar-refractivity contribution in [3.05, 3.63) is 24.3 Å². The number of carbonyl (C=O) groups excluding carboxylic acids is 3. The molecule has 0 aromatic carbocycles. The largest absolute Gasteiger partial charge is 0.462 e. The maximum atomic E-state index is 12.7. The molecule has 0 bridgehead atoms. The normalized spacial score (nSPS) is 12.1. The summed E-state index contributed by atoms with van der Waals surface area (Å²) in [5.41, 5.74) is 0. The Bertz CT molecular complexity index is 927. The van der Waals surface area contributed by atoms with Crippen LogP contribution in [0.1, 0.15) is 265 Å². The van der Waals surface area contributed by atoms with E-state index < -0.39 is 6.10 Å². The van der Waals surface area contributed by atoms with Gasteiger partial charge < -0.3 is 14.2 Å². The Kier molecular flexibility index (Phi) is 44.9. The minimum atomic E-state index is -0.772. The van der Waals surface area contributed by atoms with Crippen LogP contribution in [0.4, 0.5) is 0 Å². The van der Waals surface area contributed by atoms with Gasteiger partial charge in [-0.1, -0.05) is 199 Å². The van der Waals surface area contributed by atoms with Gasteiger partial charge in [0.05, 0.1) is 0 Å². The van der Waals surface area contributed by atoms with Crippen LogP contribution in [0.2, 0.25) is 0 Å². The maximum absolute atomic E-state index is 12.7. The quantitative estimate of drug-likeness (QED) is 0.0264. The first-order chi connectivity index (χ1) is 28.0. The van der Waals surface area contributed by atoms with Gasteiger partial charge in [-0.15, -0.1) is 0 Å². The van der Waals surface area contributed by atoms with Crippen LogP contribution in [0.3, 0.4) is 0 Å². The third kappa shape index (κ3) is 44.8. The summed E-state index contributed by atoms with van der Waals surface area (Å²) in [6.07, 6.45) is 51.6. The van der Waals surface area contributed by atoms with Gasteiger partial charge >= 0.3 is 17.9 Å². The van der Waals surface area contributed by atoms with Crippen LogP contribution in [-0.2, 0) is 28.6 Å². The fourth-order valence-corrected chi connectivity index (χ4v) is 7.14. The van der Waals surface area contributed by atoms with E-state index in [1.807, 2.05) is 0 Å². The Hall–Kier alpha value is -2.11. The highest BCUT2D eigenvalue weighted by atomic mass is 16.6. The lowest BCUT2D eigenvalue weighted by Gasteiger charge is -2.18. The van der Waals surface area contributed by atoms with E-state index >= 15 is 0 Å². The fourth-order valence-electron chi connectivity index (χ4n) is 7.14. The molecule has 0 saturated heterocycles. The molecule has 0 radical (unpaired) electrons. The predicted molar refractivity (Wildman–Crippen MR) is 243 cm³/mol. The van der Waals surface area contributed by atoms with Crippen LogP contribution < -0.4 is 0 Å². The van der Waals surface area contributed by atoms with Crippen molar-refractivity contribution in [3.8, 4) is 0 Å². The molecule has 0 heterocycles. The number of esters is 3. The first-order valence-electron chi connectivity index (χ1n) is 24.8. The molecular formula is C51H94O6. The smallest absolute Gasteiger partial charge is 0.306 e. The van der Waals surface area contributed by atoms with Gasteiger partial charge in [-0.2, -0.15) is 0 Å². The van der Waals surface area contributed by atoms with Crippen molar-refractivity contribution in [2.75, 3.05) is 13.2 Å². The second-order valence-corrected chi connectivity index (χ2v) is 16.7. The van der Waals surface area contributed by atoms with Crippen LogP contribution in [-0.4, -0.2) is 37.2 Å². The van der Waals surface area contributed by atoms with E-state index in [0.29, 0.717) is 19.3 Å². The van der Waals surface area contributed by atoms with Crippen LogP contribution in [0.25, 0.3) is 0 Å². The molecule has 6 nitrogen and oxygen atoms in total. The van der Waals surface area contributed by atoms with Crippen molar-refractivity contribution >= 4 is 17.9 Å². The number of ether oxygens (including phenoxy) is 3. The molecule has 0 aromatic heterocycles. The van der Waals surface area contributed by atoms with Gasteiger partial charge in [0, 0.05) is 19.3 Å². The first kappa shape index (κ1) is 54.9. The van der Waals surface area contributed by atoms with E-state index in [1.54, 1.807) is 0 Å². The number of unbranched alkanes of at least 4 members (excludes halogenated alkanes) is 30. The van der Waals surface area contributed by atoms with Crippen molar-refractivity contribution in [2.24, 2.45) is 0 Å². The van der Waals surface area contributed by atoms with Gasteiger partial charge in [0.2, 0.25) is 0 Å². The van der Waals surface area contributed by atoms with Crippen LogP contribution in [0, 0.1) is 0 Å². The Balaban J connectivity index is 4.34. The predicted octanol–water partition coefficient (Wildman–Crippen LogP) is 16.0. The van der Waals surface area contributed by atoms with E-state index in [9.17, 15) is 14.4 Å². The number of rotatable bonds is 45. The average Bonchev–Trinajstić information content (AvgIpc) is 3.21. The maximum Gasteiger partial charge on any atom is 0.306 e. The third-order valence-electron chi connectivity index (χ3n) is 10.9. The lowest BCUT2D eigenvalue weighted by atomic mass is 10.1. The molecule has 0 amide bonds. The van der Waals surface area contributed by atoms with Crippen molar-refractivity contribution in [3.63, 3.8) is 0 Å². The minimum Gasteiger partial charge on any atom is -0.462 e. The van der Waals surface area contributed by atoms with E-state index in [1.165, 1.54) is 154 Å². The molecule has 6 heteroatoms. The summed E-state index contributed by atoms with van der Waals surface area (Å²) in [6.45, 7) is 6.61. The molecule has 0 aliphatic heterocycles. The highest BCUT2D eigenvalue weighted by Gasteiger charge is 2.19. The number of hydrogen-bond donors (Lipinski definition) is 0. The van der Waals surface area contributed by atoms with E-state index in [4.69, 9.17) is 14.2 Å². The third-order valence-corrected chi connectivity index (χ3v) is 10.9. The van der Waals surface area contributed by atoms with Crippen molar-refractivity contribution < 1.29 is 28.6 Å². The zero-order valence-corrected chi connectivity index (χ0v) is 38.1. The Morgan fingerprint density at radius 3 is 0.877 bits per heavy atom. The summed E-state index contributed by atoms with van der Waals surface area (Å²) in [6, 6.07) is 0. The van der Waals surface area contributed by atoms with Gasteiger partial charge in [0.25, 0.3) is 0 Å². The molecule has 0 spiro atoms. The number of allylic oxidation sites excluding steroid dienone is 4. The lowest BCUT2D eigenvalue weighted by Crippen LogP contribution is -2.30. The molecule has 0 rings (SSSR count). The van der Waals surface area contributed by atoms with E-state index in [0.717, 1.165) is 70.6 Å². The second kappa shape index (κ2) is 46.6. The molecule has 0 fully saturated rings. The molecule has 1 atom stereocenters. The van der Waals surface area contributed by atoms with Crippen LogP contribution in [0.5, 0.6) is 0 Å². The Morgan fingerprint density at radius 1 is 0.333 bits per heavy atom. The summed E-state index contributed by atoms with van der Waals surface area (Å²) in [5.74, 6) is -0.885. The SMILES string of the molecule is CCCCCCCC/C=C\CCCCCCCC(=O)OC[C@@H](COC(=O)CCCCCCCCCCC)OC(=O)CCCCCCC/C=C\CCCCCCCC. The molecule has 334 valence electrons. The van der Waals surface area contributed by atoms with Gasteiger partial charge in [-0.05, 0) is 70.6 Å². The average molecular weight is 803 g/mol. The highest BCUT2D eigenvalue weighted by Crippen LogP contribution is 2.14. The van der Waals surface area contributed by atoms with Crippen LogP contribution in [0.15, 0.2) is 24.3 Å². The zero-order valence-electron chi connectivity index (χ0n) is 38.1.